The van der Waals surface area contributed by atoms with Crippen molar-refractivity contribution in [2.24, 2.45) is 0 Å². The van der Waals surface area contributed by atoms with Crippen LogP contribution in [0.4, 0.5) is 11.4 Å². The van der Waals surface area contributed by atoms with E-state index in [1.54, 1.807) is 19.1 Å². The Labute approximate surface area is 161 Å². The molecule has 144 valence electrons. The van der Waals surface area contributed by atoms with Crippen LogP contribution in [-0.2, 0) is 14.8 Å². The predicted molar refractivity (Wildman–Crippen MR) is 105 cm³/mol. The minimum Gasteiger partial charge on any atom is -0.324 e. The Kier molecular flexibility index (Phi) is 6.58. The molecular formula is C17H19N3O5S2. The fourth-order valence-electron chi connectivity index (χ4n) is 2.37. The van der Waals surface area contributed by atoms with Gasteiger partial charge in [0, 0.05) is 24.1 Å². The van der Waals surface area contributed by atoms with Gasteiger partial charge in [-0.2, -0.15) is 4.31 Å². The third-order valence-corrected chi connectivity index (χ3v) is 6.56. The number of nitro benzene ring substituents is 1. The highest BCUT2D eigenvalue weighted by molar-refractivity contribution is 7.98. The van der Waals surface area contributed by atoms with Crippen LogP contribution in [0.5, 0.6) is 0 Å². The minimum absolute atomic E-state index is 0.198. The lowest BCUT2D eigenvalue weighted by Gasteiger charge is -2.18. The van der Waals surface area contributed by atoms with Crippen LogP contribution >= 0.6 is 11.8 Å². The average molecular weight is 409 g/mol. The van der Waals surface area contributed by atoms with Crippen molar-refractivity contribution < 1.29 is 18.1 Å². The first-order valence-electron chi connectivity index (χ1n) is 7.81. The molecule has 2 aromatic rings. The van der Waals surface area contributed by atoms with E-state index in [9.17, 15) is 23.3 Å². The number of aryl methyl sites for hydroxylation is 1. The van der Waals surface area contributed by atoms with E-state index in [1.807, 2.05) is 18.4 Å². The fraction of sp³-hybridized carbons (Fsp3) is 0.235. The molecule has 0 fully saturated rings. The number of rotatable bonds is 7. The Balaban J connectivity index is 2.21. The molecule has 0 heterocycles. The molecule has 1 N–H and O–H groups in total. The van der Waals surface area contributed by atoms with Crippen LogP contribution < -0.4 is 5.32 Å². The van der Waals surface area contributed by atoms with Crippen molar-refractivity contribution in [1.29, 1.82) is 0 Å². The number of nitro groups is 1. The molecule has 0 aromatic heterocycles. The van der Waals surface area contributed by atoms with Crippen molar-refractivity contribution in [3.05, 3.63) is 58.1 Å². The quantitative estimate of drug-likeness (QED) is 0.428. The van der Waals surface area contributed by atoms with Gasteiger partial charge in [0.2, 0.25) is 15.9 Å². The summed E-state index contributed by atoms with van der Waals surface area (Å²) < 4.78 is 26.4. The number of hydrogen-bond donors (Lipinski definition) is 1. The van der Waals surface area contributed by atoms with Crippen LogP contribution in [0, 0.1) is 17.0 Å². The first-order chi connectivity index (χ1) is 12.7. The maximum atomic E-state index is 12.8. The van der Waals surface area contributed by atoms with Crippen LogP contribution in [0.25, 0.3) is 0 Å². The van der Waals surface area contributed by atoms with Gasteiger partial charge in [-0.15, -0.1) is 11.8 Å². The zero-order valence-corrected chi connectivity index (χ0v) is 16.6. The smallest absolute Gasteiger partial charge is 0.270 e. The lowest BCUT2D eigenvalue weighted by atomic mass is 10.2. The highest BCUT2D eigenvalue weighted by Crippen LogP contribution is 2.26. The van der Waals surface area contributed by atoms with E-state index in [0.717, 1.165) is 15.3 Å². The number of nitrogens with zero attached hydrogens (tertiary/aromatic N) is 2. The topological polar surface area (TPSA) is 110 Å². The van der Waals surface area contributed by atoms with E-state index >= 15 is 0 Å². The van der Waals surface area contributed by atoms with E-state index in [0.29, 0.717) is 11.3 Å². The van der Waals surface area contributed by atoms with Crippen LogP contribution in [0.2, 0.25) is 0 Å². The molecule has 0 bridgehead atoms. The van der Waals surface area contributed by atoms with Crippen molar-refractivity contribution in [2.75, 3.05) is 25.2 Å². The van der Waals surface area contributed by atoms with Gasteiger partial charge in [0.25, 0.3) is 5.69 Å². The zero-order chi connectivity index (χ0) is 20.2. The Bertz CT molecular complexity index is 976. The number of para-hydroxylation sites is 1. The summed E-state index contributed by atoms with van der Waals surface area (Å²) in [6.07, 6.45) is 1.87. The van der Waals surface area contributed by atoms with Gasteiger partial charge >= 0.3 is 0 Å². The Morgan fingerprint density at radius 3 is 2.56 bits per heavy atom. The molecule has 1 amide bonds. The van der Waals surface area contributed by atoms with Gasteiger partial charge in [-0.05, 0) is 30.9 Å². The second-order valence-electron chi connectivity index (χ2n) is 5.72. The summed E-state index contributed by atoms with van der Waals surface area (Å²) in [5.74, 6) is -0.509. The number of hydrogen-bond acceptors (Lipinski definition) is 6. The number of sulfonamides is 1. The molecule has 0 aliphatic rings. The number of carbonyl (C=O) groups is 1. The Morgan fingerprint density at radius 2 is 1.93 bits per heavy atom. The second-order valence-corrected chi connectivity index (χ2v) is 8.58. The van der Waals surface area contributed by atoms with Crippen molar-refractivity contribution in [2.45, 2.75) is 16.7 Å². The molecule has 0 atom stereocenters. The molecule has 10 heteroatoms. The molecular weight excluding hydrogens is 390 g/mol. The first-order valence-corrected chi connectivity index (χ1v) is 10.5. The lowest BCUT2D eigenvalue weighted by Crippen LogP contribution is -2.35. The number of amides is 1. The summed E-state index contributed by atoms with van der Waals surface area (Å²) in [6.45, 7) is 1.12. The first kappa shape index (κ1) is 20.9. The number of carbonyl (C=O) groups excluding carboxylic acids is 1. The molecule has 0 unspecified atom stereocenters. The molecule has 0 radical (unpaired) electrons. The normalized spacial score (nSPS) is 11.4. The maximum Gasteiger partial charge on any atom is 0.270 e. The predicted octanol–water partition coefficient (Wildman–Crippen LogP) is 2.88. The summed E-state index contributed by atoms with van der Waals surface area (Å²) in [4.78, 5) is 23.2. The zero-order valence-electron chi connectivity index (χ0n) is 15.0. The summed E-state index contributed by atoms with van der Waals surface area (Å²) in [6, 6.07) is 10.8. The van der Waals surface area contributed by atoms with Gasteiger partial charge in [-0.25, -0.2) is 8.42 Å². The Morgan fingerprint density at radius 1 is 1.26 bits per heavy atom. The second kappa shape index (κ2) is 8.51. The Hall–Kier alpha value is -2.43. The standard InChI is InChI=1S/C17H19N3O5S2/c1-12-8-9-13(20(22)23)10-16(12)27(24,25)19(2)11-17(21)18-14-6-4-5-7-15(14)26-3/h4-10H,11H2,1-3H3,(H,18,21). The molecule has 2 rings (SSSR count). The van der Waals surface area contributed by atoms with Crippen LogP contribution in [0.3, 0.4) is 0 Å². The highest BCUT2D eigenvalue weighted by atomic mass is 32.2. The number of anilines is 1. The van der Waals surface area contributed by atoms with Gasteiger partial charge in [0.15, 0.2) is 0 Å². The molecule has 0 aliphatic heterocycles. The van der Waals surface area contributed by atoms with E-state index in [1.165, 1.54) is 30.9 Å². The number of nitrogens with one attached hydrogen (secondary N) is 1. The fourth-order valence-corrected chi connectivity index (χ4v) is 4.29. The maximum absolute atomic E-state index is 12.8. The van der Waals surface area contributed by atoms with Crippen LogP contribution in [-0.4, -0.2) is 43.4 Å². The highest BCUT2D eigenvalue weighted by Gasteiger charge is 2.26. The van der Waals surface area contributed by atoms with Gasteiger partial charge < -0.3 is 5.32 Å². The number of non-ortho nitro benzene ring substituents is 1. The van der Waals surface area contributed by atoms with E-state index in [-0.39, 0.29) is 10.6 Å². The van der Waals surface area contributed by atoms with Crippen molar-refractivity contribution >= 4 is 39.1 Å². The summed E-state index contributed by atoms with van der Waals surface area (Å²) in [7, 11) is -2.81. The van der Waals surface area contributed by atoms with Crippen molar-refractivity contribution in [3.8, 4) is 0 Å². The SMILES string of the molecule is CSc1ccccc1NC(=O)CN(C)S(=O)(=O)c1cc([N+](=O)[O-])ccc1C. The summed E-state index contributed by atoms with van der Waals surface area (Å²) >= 11 is 1.45. The largest absolute Gasteiger partial charge is 0.324 e. The number of likely N-dealkylation sites (N-methyl/N-ethyl adjacent to an activating group) is 1. The van der Waals surface area contributed by atoms with Crippen molar-refractivity contribution in [3.63, 3.8) is 0 Å². The monoisotopic (exact) mass is 409 g/mol. The van der Waals surface area contributed by atoms with Crippen LogP contribution in [0.15, 0.2) is 52.3 Å². The summed E-state index contributed by atoms with van der Waals surface area (Å²) in [5, 5.41) is 13.6. The number of benzene rings is 2. The molecule has 0 spiro atoms. The lowest BCUT2D eigenvalue weighted by molar-refractivity contribution is -0.385. The van der Waals surface area contributed by atoms with E-state index in [4.69, 9.17) is 0 Å². The molecule has 2 aromatic carbocycles. The minimum atomic E-state index is -4.07. The summed E-state index contributed by atoms with van der Waals surface area (Å²) in [5.41, 5.74) is 0.624. The third kappa shape index (κ3) is 4.85. The van der Waals surface area contributed by atoms with Gasteiger partial charge in [-0.1, -0.05) is 18.2 Å². The molecule has 0 aliphatic carbocycles. The molecule has 0 saturated carbocycles. The van der Waals surface area contributed by atoms with Gasteiger partial charge in [-0.3, -0.25) is 14.9 Å². The molecule has 27 heavy (non-hydrogen) atoms. The van der Waals surface area contributed by atoms with E-state index < -0.39 is 27.4 Å². The molecule has 8 nitrogen and oxygen atoms in total. The van der Waals surface area contributed by atoms with Crippen molar-refractivity contribution in [1.82, 2.24) is 4.31 Å². The third-order valence-electron chi connectivity index (χ3n) is 3.82. The van der Waals surface area contributed by atoms with Gasteiger partial charge in [0.1, 0.15) is 0 Å². The van der Waals surface area contributed by atoms with Gasteiger partial charge in [0.05, 0.1) is 22.1 Å². The van der Waals surface area contributed by atoms with E-state index in [2.05, 4.69) is 5.32 Å². The number of thioether (sulfide) groups is 1. The average Bonchev–Trinajstić information content (AvgIpc) is 2.61. The molecule has 0 saturated heterocycles. The van der Waals surface area contributed by atoms with Crippen LogP contribution in [0.1, 0.15) is 5.56 Å².